The number of Topliss-reactive ketones (excluding diaryl/α,β-unsaturated/α-hetero) is 1. The van der Waals surface area contributed by atoms with E-state index in [0.29, 0.717) is 19.4 Å². The van der Waals surface area contributed by atoms with Crippen LogP contribution >= 0.6 is 0 Å². The average molecular weight is 324 g/mol. The first kappa shape index (κ1) is 17.6. The number of carbonyl (C=O) groups is 2. The number of ketones is 1. The Morgan fingerprint density at radius 1 is 1.48 bits per heavy atom. The highest BCUT2D eigenvalue weighted by molar-refractivity contribution is 6.03. The maximum Gasteiger partial charge on any atom is 0.263 e. The Hall–Kier alpha value is -1.77. The predicted molar refractivity (Wildman–Crippen MR) is 80.4 cm³/mol. The minimum absolute atomic E-state index is 0.00950. The highest BCUT2D eigenvalue weighted by Gasteiger charge is 2.69. The van der Waals surface area contributed by atoms with E-state index in [0.717, 1.165) is 0 Å². The normalized spacial score (nSPS) is 31.1. The lowest BCUT2D eigenvalue weighted by Gasteiger charge is -2.32. The number of hydrogen-bond donors (Lipinski definition) is 0. The predicted octanol–water partition coefficient (Wildman–Crippen LogP) is 2.80. The van der Waals surface area contributed by atoms with Gasteiger partial charge >= 0.3 is 0 Å². The molecule has 2 unspecified atom stereocenters. The van der Waals surface area contributed by atoms with E-state index in [2.05, 4.69) is 0 Å². The maximum atomic E-state index is 13.3. The van der Waals surface area contributed by atoms with Crippen LogP contribution in [0.2, 0.25) is 0 Å². The van der Waals surface area contributed by atoms with E-state index in [1.807, 2.05) is 6.07 Å². The van der Waals surface area contributed by atoms with Crippen LogP contribution in [0.5, 0.6) is 0 Å². The molecule has 0 bridgehead atoms. The van der Waals surface area contributed by atoms with Crippen LogP contribution in [0.25, 0.3) is 0 Å². The summed E-state index contributed by atoms with van der Waals surface area (Å²) in [5.74, 6) is -5.69. The van der Waals surface area contributed by atoms with Gasteiger partial charge in [0.2, 0.25) is 5.91 Å². The molecule has 2 aliphatic carbocycles. The molecular formula is C17H22F2N2O2. The monoisotopic (exact) mass is 324 g/mol. The van der Waals surface area contributed by atoms with Crippen LogP contribution in [-0.2, 0) is 9.59 Å². The molecule has 0 radical (unpaired) electrons. The van der Waals surface area contributed by atoms with E-state index in [1.54, 1.807) is 19.9 Å². The number of nitrogens with zero attached hydrogens (tertiary/aromatic N) is 2. The third-order valence-corrected chi connectivity index (χ3v) is 5.04. The van der Waals surface area contributed by atoms with Gasteiger partial charge in [-0.25, -0.2) is 8.78 Å². The van der Waals surface area contributed by atoms with Crippen molar-refractivity contribution in [1.29, 1.82) is 5.26 Å². The number of carbonyl (C=O) groups excluding carboxylic acids is 2. The summed E-state index contributed by atoms with van der Waals surface area (Å²) >= 11 is 0. The number of alkyl halides is 2. The lowest BCUT2D eigenvalue weighted by molar-refractivity contribution is -0.134. The zero-order chi connectivity index (χ0) is 17.6. The molecule has 23 heavy (non-hydrogen) atoms. The number of amides is 1. The molecule has 0 aliphatic heterocycles. The summed E-state index contributed by atoms with van der Waals surface area (Å²) in [4.78, 5) is 25.4. The Morgan fingerprint density at radius 3 is 2.52 bits per heavy atom. The minimum atomic E-state index is -2.89. The number of allylic oxidation sites excluding steroid dienone is 2. The van der Waals surface area contributed by atoms with Crippen molar-refractivity contribution in [2.45, 2.75) is 39.5 Å². The van der Waals surface area contributed by atoms with E-state index in [1.165, 1.54) is 18.9 Å². The van der Waals surface area contributed by atoms with Gasteiger partial charge < -0.3 is 4.90 Å². The fraction of sp³-hybridized carbons (Fsp3) is 0.706. The van der Waals surface area contributed by atoms with Crippen LogP contribution in [0.1, 0.15) is 33.6 Å². The molecule has 1 amide bonds. The van der Waals surface area contributed by atoms with Crippen LogP contribution in [0.4, 0.5) is 8.78 Å². The number of rotatable bonds is 4. The molecule has 0 heterocycles. The van der Waals surface area contributed by atoms with Gasteiger partial charge in [-0.1, -0.05) is 26.8 Å². The van der Waals surface area contributed by atoms with Gasteiger partial charge in [-0.2, -0.15) is 5.26 Å². The largest absolute Gasteiger partial charge is 0.345 e. The summed E-state index contributed by atoms with van der Waals surface area (Å²) in [5, 5.41) is 9.06. The Labute approximate surface area is 135 Å². The van der Waals surface area contributed by atoms with Crippen molar-refractivity contribution < 1.29 is 18.4 Å². The minimum Gasteiger partial charge on any atom is -0.345 e. The van der Waals surface area contributed by atoms with E-state index in [9.17, 15) is 18.4 Å². The van der Waals surface area contributed by atoms with Crippen molar-refractivity contribution in [3.05, 3.63) is 11.6 Å². The molecule has 1 saturated carbocycles. The summed E-state index contributed by atoms with van der Waals surface area (Å²) in [7, 11) is 1.53. The topological polar surface area (TPSA) is 61.2 Å². The third kappa shape index (κ3) is 3.15. The van der Waals surface area contributed by atoms with Crippen LogP contribution in [0, 0.1) is 34.5 Å². The van der Waals surface area contributed by atoms with Gasteiger partial charge in [-0.15, -0.1) is 0 Å². The van der Waals surface area contributed by atoms with E-state index in [-0.39, 0.29) is 17.3 Å². The van der Waals surface area contributed by atoms with Crippen molar-refractivity contribution in [3.63, 3.8) is 0 Å². The van der Waals surface area contributed by atoms with Crippen LogP contribution < -0.4 is 0 Å². The Balaban J connectivity index is 1.96. The molecule has 2 rings (SSSR count). The lowest BCUT2D eigenvalue weighted by atomic mass is 9.71. The SMILES string of the molecule is CC1C(C(=O)N(C)CC[C@@H]2C=C(C#N)C(=O)C(C)(C)C2)C1(F)F. The first-order valence-electron chi connectivity index (χ1n) is 7.82. The number of hydrogen-bond acceptors (Lipinski definition) is 3. The molecule has 0 N–H and O–H groups in total. The summed E-state index contributed by atoms with van der Waals surface area (Å²) in [5.41, 5.74) is -0.451. The molecule has 126 valence electrons. The van der Waals surface area contributed by atoms with Gasteiger partial charge in [0.1, 0.15) is 12.0 Å². The van der Waals surface area contributed by atoms with Crippen molar-refractivity contribution in [2.24, 2.45) is 23.2 Å². The third-order valence-electron chi connectivity index (χ3n) is 5.04. The van der Waals surface area contributed by atoms with Crippen molar-refractivity contribution in [3.8, 4) is 6.07 Å². The van der Waals surface area contributed by atoms with E-state index in [4.69, 9.17) is 5.26 Å². The second-order valence-corrected chi connectivity index (χ2v) is 7.36. The van der Waals surface area contributed by atoms with Gasteiger partial charge in [0.25, 0.3) is 5.92 Å². The molecular weight excluding hydrogens is 302 g/mol. The van der Waals surface area contributed by atoms with E-state index >= 15 is 0 Å². The zero-order valence-corrected chi connectivity index (χ0v) is 13.9. The molecule has 6 heteroatoms. The van der Waals surface area contributed by atoms with Gasteiger partial charge in [-0.05, 0) is 18.8 Å². The fourth-order valence-electron chi connectivity index (χ4n) is 3.32. The van der Waals surface area contributed by atoms with Crippen LogP contribution in [0.15, 0.2) is 11.6 Å². The Bertz CT molecular complexity index is 604. The van der Waals surface area contributed by atoms with Gasteiger partial charge in [0.15, 0.2) is 5.78 Å². The quantitative estimate of drug-likeness (QED) is 0.799. The first-order valence-corrected chi connectivity index (χ1v) is 7.82. The second-order valence-electron chi connectivity index (χ2n) is 7.36. The van der Waals surface area contributed by atoms with Crippen LogP contribution in [-0.4, -0.2) is 36.1 Å². The Kier molecular flexibility index (Phi) is 4.36. The molecule has 0 aromatic carbocycles. The average Bonchev–Trinajstić information content (AvgIpc) is 2.97. The molecule has 3 atom stereocenters. The van der Waals surface area contributed by atoms with Crippen LogP contribution in [0.3, 0.4) is 0 Å². The van der Waals surface area contributed by atoms with Gasteiger partial charge in [0, 0.05) is 24.9 Å². The molecule has 0 spiro atoms. The Morgan fingerprint density at radius 2 is 2.04 bits per heavy atom. The fourth-order valence-corrected chi connectivity index (χ4v) is 3.32. The number of nitriles is 1. The second kappa shape index (κ2) is 5.70. The van der Waals surface area contributed by atoms with E-state index < -0.39 is 29.1 Å². The highest BCUT2D eigenvalue weighted by Crippen LogP contribution is 2.55. The molecule has 0 aromatic heterocycles. The number of halogens is 2. The summed E-state index contributed by atoms with van der Waals surface area (Å²) in [6.07, 6.45) is 2.80. The molecule has 0 saturated heterocycles. The highest BCUT2D eigenvalue weighted by atomic mass is 19.3. The molecule has 1 fully saturated rings. The molecule has 0 aromatic rings. The van der Waals surface area contributed by atoms with Crippen molar-refractivity contribution in [2.75, 3.05) is 13.6 Å². The summed E-state index contributed by atoms with van der Waals surface area (Å²) in [6, 6.07) is 1.93. The zero-order valence-electron chi connectivity index (χ0n) is 13.9. The standard InChI is InChI=1S/C17H22F2N2O2/c1-10-13(17(10,18)19)15(23)21(4)6-5-11-7-12(9-20)14(22)16(2,3)8-11/h7,10-11,13H,5-6,8H2,1-4H3/t10?,11-,13?/m1/s1. The summed E-state index contributed by atoms with van der Waals surface area (Å²) < 4.78 is 26.6. The van der Waals surface area contributed by atoms with Gasteiger partial charge in [0.05, 0.1) is 5.57 Å². The van der Waals surface area contributed by atoms with Crippen molar-refractivity contribution in [1.82, 2.24) is 4.90 Å². The smallest absolute Gasteiger partial charge is 0.263 e. The first-order chi connectivity index (χ1) is 10.5. The molecule has 4 nitrogen and oxygen atoms in total. The van der Waals surface area contributed by atoms with Gasteiger partial charge in [-0.3, -0.25) is 9.59 Å². The summed E-state index contributed by atoms with van der Waals surface area (Å²) in [6.45, 7) is 5.32. The van der Waals surface area contributed by atoms with Crippen molar-refractivity contribution >= 4 is 11.7 Å². The molecule has 2 aliphatic rings. The maximum absolute atomic E-state index is 13.3. The lowest BCUT2D eigenvalue weighted by Crippen LogP contribution is -2.35.